The van der Waals surface area contributed by atoms with Crippen LogP contribution in [-0.2, 0) is 11.2 Å². The summed E-state index contributed by atoms with van der Waals surface area (Å²) in [4.78, 5) is 26.7. The van der Waals surface area contributed by atoms with Crippen LogP contribution in [0, 0.1) is 10.1 Å². The number of carboxylic acids is 1. The number of ether oxygens (including phenoxy) is 2. The predicted molar refractivity (Wildman–Crippen MR) is 119 cm³/mol. The molecule has 2 aromatic carbocycles. The van der Waals surface area contributed by atoms with Gasteiger partial charge in [-0.05, 0) is 18.2 Å². The first kappa shape index (κ1) is 21.2. The number of nitrogens with zero attached hydrogens (tertiary/aromatic N) is 3. The number of nitrogens with one attached hydrogen (secondary N) is 1. The number of benzene rings is 2. The molecule has 4 rings (SSSR count). The van der Waals surface area contributed by atoms with Crippen LogP contribution in [0.15, 0.2) is 52.9 Å². The van der Waals surface area contributed by atoms with E-state index in [1.165, 1.54) is 29.5 Å². The van der Waals surface area contributed by atoms with Crippen molar-refractivity contribution in [3.05, 3.63) is 63.5 Å². The van der Waals surface area contributed by atoms with Gasteiger partial charge in [0.15, 0.2) is 11.5 Å². The van der Waals surface area contributed by atoms with Gasteiger partial charge in [-0.15, -0.1) is 11.3 Å². The zero-order valence-corrected chi connectivity index (χ0v) is 17.5. The van der Waals surface area contributed by atoms with Crippen molar-refractivity contribution in [2.45, 2.75) is 12.8 Å². The Kier molecular flexibility index (Phi) is 6.26. The second-order valence-corrected chi connectivity index (χ2v) is 7.65. The van der Waals surface area contributed by atoms with Gasteiger partial charge in [-0.3, -0.25) is 15.5 Å². The fourth-order valence-corrected chi connectivity index (χ4v) is 3.74. The maximum Gasteiger partial charge on any atom is 0.352 e. The van der Waals surface area contributed by atoms with E-state index in [1.807, 2.05) is 18.2 Å². The number of aromatic nitrogens is 1. The van der Waals surface area contributed by atoms with E-state index in [-0.39, 0.29) is 23.4 Å². The number of para-hydroxylation sites is 1. The molecule has 0 amide bonds. The number of fused-ring (bicyclic) bond motifs is 1. The highest BCUT2D eigenvalue weighted by molar-refractivity contribution is 7.14. The average molecular weight is 454 g/mol. The SMILES string of the molecule is O=C(O)C(Cc1ccccc1[N+](=O)[O-])=NNc1nc(-c2ccc3c(c2)OCCCO3)cs1. The lowest BCUT2D eigenvalue weighted by molar-refractivity contribution is -0.385. The molecule has 164 valence electrons. The molecule has 2 N–H and O–H groups in total. The third-order valence-electron chi connectivity index (χ3n) is 4.63. The number of nitro groups is 1. The minimum Gasteiger partial charge on any atom is -0.490 e. The molecule has 0 radical (unpaired) electrons. The number of hydrogen-bond donors (Lipinski definition) is 2. The predicted octanol–water partition coefficient (Wildman–Crippen LogP) is 3.97. The Morgan fingerprint density at radius 3 is 2.78 bits per heavy atom. The van der Waals surface area contributed by atoms with Crippen LogP contribution in [0.25, 0.3) is 11.3 Å². The monoisotopic (exact) mass is 454 g/mol. The van der Waals surface area contributed by atoms with Crippen LogP contribution in [-0.4, -0.2) is 39.9 Å². The Bertz CT molecular complexity index is 1190. The van der Waals surface area contributed by atoms with Gasteiger partial charge in [0.25, 0.3) is 5.69 Å². The van der Waals surface area contributed by atoms with E-state index in [0.717, 1.165) is 12.0 Å². The molecule has 0 bridgehead atoms. The lowest BCUT2D eigenvalue weighted by Crippen LogP contribution is -2.18. The fraction of sp³-hybridized carbons (Fsp3) is 0.190. The van der Waals surface area contributed by atoms with Crippen molar-refractivity contribution in [3.63, 3.8) is 0 Å². The van der Waals surface area contributed by atoms with Crippen LogP contribution in [0.3, 0.4) is 0 Å². The van der Waals surface area contributed by atoms with E-state index >= 15 is 0 Å². The molecule has 0 saturated carbocycles. The molecule has 0 atom stereocenters. The first-order chi connectivity index (χ1) is 15.5. The molecule has 1 aliphatic rings. The summed E-state index contributed by atoms with van der Waals surface area (Å²) in [6, 6.07) is 11.5. The molecule has 3 aromatic rings. The molecule has 32 heavy (non-hydrogen) atoms. The lowest BCUT2D eigenvalue weighted by atomic mass is 10.1. The summed E-state index contributed by atoms with van der Waals surface area (Å²) in [6.45, 7) is 1.18. The topological polar surface area (TPSA) is 136 Å². The Morgan fingerprint density at radius 2 is 2.00 bits per heavy atom. The zero-order valence-electron chi connectivity index (χ0n) is 16.7. The van der Waals surface area contributed by atoms with E-state index < -0.39 is 10.9 Å². The minimum absolute atomic E-state index is 0.160. The third-order valence-corrected chi connectivity index (χ3v) is 5.37. The van der Waals surface area contributed by atoms with Crippen LogP contribution in [0.1, 0.15) is 12.0 Å². The smallest absolute Gasteiger partial charge is 0.352 e. The maximum atomic E-state index is 11.6. The van der Waals surface area contributed by atoms with E-state index in [2.05, 4.69) is 15.5 Å². The molecule has 0 spiro atoms. The number of rotatable bonds is 7. The number of hydrogen-bond acceptors (Lipinski definition) is 9. The van der Waals surface area contributed by atoms with Crippen molar-refractivity contribution in [3.8, 4) is 22.8 Å². The number of aliphatic carboxylic acids is 1. The van der Waals surface area contributed by atoms with Crippen LogP contribution >= 0.6 is 11.3 Å². The van der Waals surface area contributed by atoms with Gasteiger partial charge in [-0.1, -0.05) is 18.2 Å². The molecule has 0 fully saturated rings. The number of carboxylic acid groups (broad SMARTS) is 1. The van der Waals surface area contributed by atoms with Crippen molar-refractivity contribution in [1.82, 2.24) is 4.98 Å². The fourth-order valence-electron chi connectivity index (χ4n) is 3.08. The van der Waals surface area contributed by atoms with Gasteiger partial charge in [-0.25, -0.2) is 9.78 Å². The van der Waals surface area contributed by atoms with Crippen molar-refractivity contribution in [2.24, 2.45) is 5.10 Å². The van der Waals surface area contributed by atoms with Crippen molar-refractivity contribution >= 4 is 33.8 Å². The van der Waals surface area contributed by atoms with Gasteiger partial charge in [0.05, 0.1) is 23.8 Å². The highest BCUT2D eigenvalue weighted by atomic mass is 32.1. The highest BCUT2D eigenvalue weighted by Crippen LogP contribution is 2.35. The van der Waals surface area contributed by atoms with E-state index in [4.69, 9.17) is 9.47 Å². The first-order valence-electron chi connectivity index (χ1n) is 9.65. The van der Waals surface area contributed by atoms with Crippen molar-refractivity contribution in [2.75, 3.05) is 18.6 Å². The molecule has 2 heterocycles. The van der Waals surface area contributed by atoms with Crippen LogP contribution < -0.4 is 14.9 Å². The lowest BCUT2D eigenvalue weighted by Gasteiger charge is -2.08. The second kappa shape index (κ2) is 9.43. The van der Waals surface area contributed by atoms with Gasteiger partial charge < -0.3 is 14.6 Å². The van der Waals surface area contributed by atoms with E-state index in [1.54, 1.807) is 11.4 Å². The largest absolute Gasteiger partial charge is 0.490 e. The quantitative estimate of drug-likeness (QED) is 0.311. The Labute approximate surface area is 186 Å². The second-order valence-electron chi connectivity index (χ2n) is 6.79. The Morgan fingerprint density at radius 1 is 1.22 bits per heavy atom. The Balaban J connectivity index is 1.51. The number of nitro benzene ring substituents is 1. The van der Waals surface area contributed by atoms with Crippen LogP contribution in [0.4, 0.5) is 10.8 Å². The number of hydrazone groups is 1. The Hall–Kier alpha value is -3.99. The zero-order chi connectivity index (χ0) is 22.5. The third kappa shape index (κ3) is 4.83. The summed E-state index contributed by atoms with van der Waals surface area (Å²) in [6.07, 6.45) is 0.602. The molecule has 11 heteroatoms. The van der Waals surface area contributed by atoms with Crippen LogP contribution in [0.5, 0.6) is 11.5 Å². The van der Waals surface area contributed by atoms with Crippen LogP contribution in [0.2, 0.25) is 0 Å². The molecular formula is C21H18N4O6S. The summed E-state index contributed by atoms with van der Waals surface area (Å²) < 4.78 is 11.3. The molecular weight excluding hydrogens is 436 g/mol. The number of anilines is 1. The van der Waals surface area contributed by atoms with E-state index in [9.17, 15) is 20.0 Å². The normalized spacial score (nSPS) is 13.3. The first-order valence-corrected chi connectivity index (χ1v) is 10.5. The van der Waals surface area contributed by atoms with Gasteiger partial charge in [0.1, 0.15) is 5.71 Å². The highest BCUT2D eigenvalue weighted by Gasteiger charge is 2.19. The molecule has 1 aliphatic heterocycles. The van der Waals surface area contributed by atoms with Gasteiger partial charge in [-0.2, -0.15) is 5.10 Å². The molecule has 1 aromatic heterocycles. The summed E-state index contributed by atoms with van der Waals surface area (Å²) >= 11 is 1.25. The molecule has 0 saturated heterocycles. The molecule has 10 nitrogen and oxygen atoms in total. The standard InChI is InChI=1S/C21H18N4O6S/c26-20(27)15(10-14-4-1-2-5-17(14)25(28)29)23-24-21-22-16(12-32-21)13-6-7-18-19(11-13)31-9-3-8-30-18/h1-2,4-7,11-12H,3,8-10H2,(H,22,24)(H,26,27). The van der Waals surface area contributed by atoms with Gasteiger partial charge in [0.2, 0.25) is 5.13 Å². The average Bonchev–Trinajstić information content (AvgIpc) is 3.13. The maximum absolute atomic E-state index is 11.6. The minimum atomic E-state index is -1.28. The van der Waals surface area contributed by atoms with Crippen molar-refractivity contribution in [1.29, 1.82) is 0 Å². The van der Waals surface area contributed by atoms with Gasteiger partial charge >= 0.3 is 5.97 Å². The summed E-state index contributed by atoms with van der Waals surface area (Å²) in [7, 11) is 0. The summed E-state index contributed by atoms with van der Waals surface area (Å²) in [5.41, 5.74) is 3.96. The van der Waals surface area contributed by atoms with Crippen molar-refractivity contribution < 1.29 is 24.3 Å². The summed E-state index contributed by atoms with van der Waals surface area (Å²) in [5, 5.41) is 26.8. The molecule has 0 aliphatic carbocycles. The summed E-state index contributed by atoms with van der Waals surface area (Å²) in [5.74, 6) is 0.0546. The van der Waals surface area contributed by atoms with E-state index in [0.29, 0.717) is 35.5 Å². The number of carbonyl (C=O) groups is 1. The van der Waals surface area contributed by atoms with Gasteiger partial charge in [0, 0.05) is 35.4 Å². The number of thiazole rings is 1. The molecule has 0 unspecified atom stereocenters.